The van der Waals surface area contributed by atoms with Crippen molar-refractivity contribution in [2.24, 2.45) is 0 Å². The molecule has 0 saturated heterocycles. The van der Waals surface area contributed by atoms with Gasteiger partial charge in [-0.1, -0.05) is 36.9 Å². The molecule has 21 heavy (non-hydrogen) atoms. The van der Waals surface area contributed by atoms with E-state index in [-0.39, 0.29) is 65.7 Å². The van der Waals surface area contributed by atoms with Gasteiger partial charge in [0, 0.05) is 10.4 Å². The van der Waals surface area contributed by atoms with E-state index < -0.39 is 19.5 Å². The molecule has 0 amide bonds. The standard InChI is InChI=1S/C9H10O3S2.2Na.H2O4S/c1-2-11-14(10,13)12-8-9-6-4-3-5-7-9;;;1-5(2,3)4/h2-7H,1,8H2;;;(H2,1,2,3,4)/q;2*+1;/p-2. The fraction of sp³-hybridized carbons (Fsp3) is 0.111. The second-order valence-corrected chi connectivity index (χ2v) is 6.11. The van der Waals surface area contributed by atoms with Gasteiger partial charge in [-0.2, -0.15) is 4.21 Å². The molecule has 0 bridgehead atoms. The molecule has 0 spiro atoms. The monoisotopic (exact) mass is 372 g/mol. The third-order valence-electron chi connectivity index (χ3n) is 1.40. The molecule has 7 nitrogen and oxygen atoms in total. The van der Waals surface area contributed by atoms with Crippen LogP contribution in [0.3, 0.4) is 0 Å². The van der Waals surface area contributed by atoms with Gasteiger partial charge in [0.05, 0.1) is 24.1 Å². The first-order chi connectivity index (χ1) is 8.64. The predicted molar refractivity (Wildman–Crippen MR) is 68.5 cm³/mol. The second kappa shape index (κ2) is 13.4. The minimum absolute atomic E-state index is 0. The van der Waals surface area contributed by atoms with E-state index in [2.05, 4.69) is 22.0 Å². The first-order valence-corrected chi connectivity index (χ1v) is 8.20. The van der Waals surface area contributed by atoms with Crippen molar-refractivity contribution >= 4 is 30.6 Å². The number of benzene rings is 1. The van der Waals surface area contributed by atoms with Crippen LogP contribution in [0.25, 0.3) is 0 Å². The number of hydrogen-bond donors (Lipinski definition) is 0. The summed E-state index contributed by atoms with van der Waals surface area (Å²) in [7, 11) is -8.28. The maximum atomic E-state index is 11.3. The van der Waals surface area contributed by atoms with E-state index in [0.29, 0.717) is 0 Å². The van der Waals surface area contributed by atoms with Crippen LogP contribution in [0.5, 0.6) is 0 Å². The van der Waals surface area contributed by atoms with E-state index in [4.69, 9.17) is 21.7 Å². The SMILES string of the molecule is C=COS(=O)(=S)OCc1ccccc1.O=S(=O)([O-])[O-].[Na+].[Na+]. The van der Waals surface area contributed by atoms with Crippen LogP contribution in [-0.2, 0) is 45.6 Å². The van der Waals surface area contributed by atoms with Crippen LogP contribution in [0.1, 0.15) is 5.56 Å². The van der Waals surface area contributed by atoms with Crippen molar-refractivity contribution in [3.8, 4) is 0 Å². The van der Waals surface area contributed by atoms with Crippen molar-refractivity contribution < 1.29 is 89.2 Å². The van der Waals surface area contributed by atoms with Gasteiger partial charge in [0.2, 0.25) is 0 Å². The minimum atomic E-state index is -5.17. The van der Waals surface area contributed by atoms with Crippen molar-refractivity contribution in [1.82, 2.24) is 0 Å². The summed E-state index contributed by atoms with van der Waals surface area (Å²) in [4.78, 5) is 0. The molecule has 1 aromatic rings. The van der Waals surface area contributed by atoms with Gasteiger partial charge in [-0.25, -0.2) is 0 Å². The zero-order valence-electron chi connectivity index (χ0n) is 11.5. The smallest absolute Gasteiger partial charge is 0.759 e. The van der Waals surface area contributed by atoms with Crippen LogP contribution in [-0.4, -0.2) is 21.7 Å². The fourth-order valence-electron chi connectivity index (χ4n) is 0.826. The Morgan fingerprint density at radius 2 is 1.57 bits per heavy atom. The molecular formula is C9H10Na2O7S3. The summed E-state index contributed by atoms with van der Waals surface area (Å²) in [6.07, 6.45) is 1.01. The molecule has 0 aliphatic heterocycles. The molecule has 1 atom stereocenters. The third kappa shape index (κ3) is 21.0. The molecule has 0 heterocycles. The third-order valence-corrected chi connectivity index (χ3v) is 2.70. The van der Waals surface area contributed by atoms with Gasteiger partial charge < -0.3 is 13.3 Å². The molecule has 0 radical (unpaired) electrons. The predicted octanol–water partition coefficient (Wildman–Crippen LogP) is -5.39. The zero-order valence-corrected chi connectivity index (χ0v) is 17.9. The van der Waals surface area contributed by atoms with E-state index in [0.717, 1.165) is 11.8 Å². The summed E-state index contributed by atoms with van der Waals surface area (Å²) in [5.74, 6) is 0. The van der Waals surface area contributed by atoms with Gasteiger partial charge in [-0.3, -0.25) is 12.6 Å². The molecule has 0 saturated carbocycles. The maximum Gasteiger partial charge on any atom is 1.00 e. The molecule has 1 unspecified atom stereocenters. The van der Waals surface area contributed by atoms with Gasteiger partial charge in [0.1, 0.15) is 0 Å². The Morgan fingerprint density at radius 3 is 1.95 bits per heavy atom. The Kier molecular flexibility index (Phi) is 17.1. The first-order valence-electron chi connectivity index (χ1n) is 4.53. The average Bonchev–Trinajstić information content (AvgIpc) is 2.26. The summed E-state index contributed by atoms with van der Waals surface area (Å²) in [5.41, 5.74) is 0.887. The van der Waals surface area contributed by atoms with Crippen LogP contribution in [0.15, 0.2) is 43.2 Å². The Hall–Kier alpha value is 0.960. The summed E-state index contributed by atoms with van der Waals surface area (Å²) in [5, 5.41) is 0. The van der Waals surface area contributed by atoms with Crippen LogP contribution in [0, 0.1) is 0 Å². The van der Waals surface area contributed by atoms with Gasteiger partial charge >= 0.3 is 68.2 Å². The molecule has 0 fully saturated rings. The maximum absolute atomic E-state index is 11.3. The van der Waals surface area contributed by atoms with Gasteiger partial charge in [-0.05, 0) is 5.56 Å². The molecule has 1 rings (SSSR count). The van der Waals surface area contributed by atoms with E-state index in [1.807, 2.05) is 30.3 Å². The van der Waals surface area contributed by atoms with E-state index in [1.165, 1.54) is 0 Å². The van der Waals surface area contributed by atoms with E-state index >= 15 is 0 Å². The fourth-order valence-corrected chi connectivity index (χ4v) is 1.64. The molecular weight excluding hydrogens is 362 g/mol. The molecule has 12 heteroatoms. The molecule has 0 aromatic heterocycles. The quantitative estimate of drug-likeness (QED) is 0.218. The molecule has 0 aliphatic carbocycles. The largest absolute Gasteiger partial charge is 1.00 e. The van der Waals surface area contributed by atoms with Gasteiger partial charge in [-0.15, -0.1) is 0 Å². The van der Waals surface area contributed by atoms with E-state index in [9.17, 15) is 4.21 Å². The van der Waals surface area contributed by atoms with Crippen LogP contribution in [0.2, 0.25) is 0 Å². The normalized spacial score (nSPS) is 12.3. The molecule has 1 aromatic carbocycles. The second-order valence-electron chi connectivity index (χ2n) is 2.83. The van der Waals surface area contributed by atoms with Gasteiger partial charge in [0.15, 0.2) is 0 Å². The average molecular weight is 372 g/mol. The summed E-state index contributed by atoms with van der Waals surface area (Å²) in [6.45, 7) is 3.42. The number of rotatable bonds is 5. The van der Waals surface area contributed by atoms with Crippen molar-refractivity contribution in [2.75, 3.05) is 0 Å². The molecule has 0 N–H and O–H groups in total. The summed E-state index contributed by atoms with van der Waals surface area (Å²) >= 11 is 4.55. The van der Waals surface area contributed by atoms with E-state index in [1.54, 1.807) is 0 Å². The van der Waals surface area contributed by atoms with Crippen molar-refractivity contribution in [2.45, 2.75) is 6.61 Å². The summed E-state index contributed by atoms with van der Waals surface area (Å²) < 4.78 is 54.8. The Labute approximate surface area is 173 Å². The number of hydrogen-bond acceptors (Lipinski definition) is 8. The molecule has 0 aliphatic rings. The molecule has 108 valence electrons. The van der Waals surface area contributed by atoms with Crippen molar-refractivity contribution in [3.05, 3.63) is 48.7 Å². The Morgan fingerprint density at radius 1 is 1.14 bits per heavy atom. The topological polar surface area (TPSA) is 116 Å². The zero-order chi connectivity index (χ0) is 14.9. The van der Waals surface area contributed by atoms with Crippen LogP contribution >= 0.6 is 0 Å². The minimum Gasteiger partial charge on any atom is -0.759 e. The van der Waals surface area contributed by atoms with Gasteiger partial charge in [0.25, 0.3) is 0 Å². The van der Waals surface area contributed by atoms with Crippen molar-refractivity contribution in [3.63, 3.8) is 0 Å². The Balaban J connectivity index is -0.000000405. The van der Waals surface area contributed by atoms with Crippen LogP contribution in [0.4, 0.5) is 0 Å². The first kappa shape index (κ1) is 26.8. The van der Waals surface area contributed by atoms with Crippen molar-refractivity contribution in [1.29, 1.82) is 0 Å². The Bertz CT molecular complexity index is 579. The summed E-state index contributed by atoms with van der Waals surface area (Å²) in [6, 6.07) is 9.29. The van der Waals surface area contributed by atoms with Crippen LogP contribution < -0.4 is 59.1 Å².